The van der Waals surface area contributed by atoms with Gasteiger partial charge in [-0.2, -0.15) is 0 Å². The van der Waals surface area contributed by atoms with Gasteiger partial charge in [0, 0.05) is 6.07 Å². The standard InChI is InChI=1S/C23H25NO4/c1-3-22(28-21-10-6-9-19(16-21)26-2)23(25)24-13-14-27-20-12-11-17-7-4-5-8-18(17)15-20/h4-12,15-16,22H,3,13-14H2,1-2H3,(H,24,25). The molecule has 0 heterocycles. The lowest BCUT2D eigenvalue weighted by Gasteiger charge is -2.18. The fourth-order valence-corrected chi connectivity index (χ4v) is 2.88. The topological polar surface area (TPSA) is 56.8 Å². The van der Waals surface area contributed by atoms with Gasteiger partial charge in [-0.05, 0) is 41.5 Å². The average molecular weight is 379 g/mol. The van der Waals surface area contributed by atoms with E-state index in [1.165, 1.54) is 5.39 Å². The highest BCUT2D eigenvalue weighted by molar-refractivity contribution is 5.83. The lowest BCUT2D eigenvalue weighted by molar-refractivity contribution is -0.128. The molecule has 0 aliphatic carbocycles. The fraction of sp³-hybridized carbons (Fsp3) is 0.261. The van der Waals surface area contributed by atoms with Crippen molar-refractivity contribution in [2.24, 2.45) is 0 Å². The maximum Gasteiger partial charge on any atom is 0.261 e. The predicted molar refractivity (Wildman–Crippen MR) is 110 cm³/mol. The van der Waals surface area contributed by atoms with Crippen LogP contribution in [-0.4, -0.2) is 32.3 Å². The predicted octanol–water partition coefficient (Wildman–Crippen LogP) is 4.20. The molecule has 5 heteroatoms. The molecule has 0 bridgehead atoms. The maximum absolute atomic E-state index is 12.4. The zero-order chi connectivity index (χ0) is 19.8. The van der Waals surface area contributed by atoms with Crippen LogP contribution in [-0.2, 0) is 4.79 Å². The molecular weight excluding hydrogens is 354 g/mol. The van der Waals surface area contributed by atoms with Crippen molar-refractivity contribution in [3.8, 4) is 17.2 Å². The smallest absolute Gasteiger partial charge is 0.261 e. The van der Waals surface area contributed by atoms with E-state index >= 15 is 0 Å². The number of nitrogens with one attached hydrogen (secondary N) is 1. The second-order valence-electron chi connectivity index (χ2n) is 6.34. The Kier molecular flexibility index (Phi) is 6.73. The van der Waals surface area contributed by atoms with Gasteiger partial charge in [0.2, 0.25) is 0 Å². The van der Waals surface area contributed by atoms with E-state index in [1.54, 1.807) is 19.2 Å². The Morgan fingerprint density at radius 1 is 0.929 bits per heavy atom. The van der Waals surface area contributed by atoms with Crippen LogP contribution in [0.2, 0.25) is 0 Å². The van der Waals surface area contributed by atoms with Crippen molar-refractivity contribution in [1.82, 2.24) is 5.32 Å². The highest BCUT2D eigenvalue weighted by Gasteiger charge is 2.18. The van der Waals surface area contributed by atoms with Crippen molar-refractivity contribution in [1.29, 1.82) is 0 Å². The number of methoxy groups -OCH3 is 1. The molecule has 0 saturated carbocycles. The Bertz CT molecular complexity index is 925. The summed E-state index contributed by atoms with van der Waals surface area (Å²) in [6.07, 6.45) is 0.00182. The first-order chi connectivity index (χ1) is 13.7. The second-order valence-corrected chi connectivity index (χ2v) is 6.34. The van der Waals surface area contributed by atoms with Crippen molar-refractivity contribution in [2.45, 2.75) is 19.4 Å². The summed E-state index contributed by atoms with van der Waals surface area (Å²) >= 11 is 0. The third-order valence-corrected chi connectivity index (χ3v) is 4.37. The van der Waals surface area contributed by atoms with Gasteiger partial charge in [0.25, 0.3) is 5.91 Å². The minimum absolute atomic E-state index is 0.160. The molecule has 3 aromatic rings. The average Bonchev–Trinajstić information content (AvgIpc) is 2.75. The zero-order valence-electron chi connectivity index (χ0n) is 16.2. The summed E-state index contributed by atoms with van der Waals surface area (Å²) in [4.78, 5) is 12.4. The summed E-state index contributed by atoms with van der Waals surface area (Å²) < 4.78 is 16.7. The van der Waals surface area contributed by atoms with Gasteiger partial charge in [-0.1, -0.05) is 43.3 Å². The number of carbonyl (C=O) groups is 1. The number of fused-ring (bicyclic) bond motifs is 1. The minimum atomic E-state index is -0.562. The van der Waals surface area contributed by atoms with Crippen LogP contribution >= 0.6 is 0 Å². The summed E-state index contributed by atoms with van der Waals surface area (Å²) in [5.74, 6) is 1.92. The zero-order valence-corrected chi connectivity index (χ0v) is 16.2. The molecule has 0 fully saturated rings. The van der Waals surface area contributed by atoms with Crippen LogP contribution in [0.3, 0.4) is 0 Å². The summed E-state index contributed by atoms with van der Waals surface area (Å²) in [6, 6.07) is 21.3. The maximum atomic E-state index is 12.4. The molecule has 146 valence electrons. The SMILES string of the molecule is CCC(Oc1cccc(OC)c1)C(=O)NCCOc1ccc2ccccc2c1. The van der Waals surface area contributed by atoms with E-state index in [2.05, 4.69) is 11.4 Å². The lowest BCUT2D eigenvalue weighted by Crippen LogP contribution is -2.39. The van der Waals surface area contributed by atoms with Crippen LogP contribution in [0.15, 0.2) is 66.7 Å². The molecule has 1 unspecified atom stereocenters. The number of hydrogen-bond acceptors (Lipinski definition) is 4. The molecule has 5 nitrogen and oxygen atoms in total. The van der Waals surface area contributed by atoms with Crippen LogP contribution in [0.1, 0.15) is 13.3 Å². The number of amides is 1. The molecule has 1 atom stereocenters. The molecule has 1 N–H and O–H groups in total. The van der Waals surface area contributed by atoms with Crippen molar-refractivity contribution in [2.75, 3.05) is 20.3 Å². The molecule has 0 aliphatic heterocycles. The third-order valence-electron chi connectivity index (χ3n) is 4.37. The second kappa shape index (κ2) is 9.65. The van der Waals surface area contributed by atoms with Gasteiger partial charge in [-0.15, -0.1) is 0 Å². The number of hydrogen-bond donors (Lipinski definition) is 1. The number of ether oxygens (including phenoxy) is 3. The molecule has 0 spiro atoms. The van der Waals surface area contributed by atoms with Crippen molar-refractivity contribution in [3.05, 3.63) is 66.7 Å². The largest absolute Gasteiger partial charge is 0.497 e. The Balaban J connectivity index is 1.47. The van der Waals surface area contributed by atoms with Gasteiger partial charge in [-0.25, -0.2) is 0 Å². The minimum Gasteiger partial charge on any atom is -0.497 e. The van der Waals surface area contributed by atoms with Crippen LogP contribution in [0, 0.1) is 0 Å². The molecule has 0 aromatic heterocycles. The first-order valence-electron chi connectivity index (χ1n) is 9.39. The Labute approximate surface area is 165 Å². The van der Waals surface area contributed by atoms with E-state index in [-0.39, 0.29) is 5.91 Å². The molecule has 28 heavy (non-hydrogen) atoms. The van der Waals surface area contributed by atoms with E-state index in [0.717, 1.165) is 11.1 Å². The molecule has 0 saturated heterocycles. The Hall–Kier alpha value is -3.21. The highest BCUT2D eigenvalue weighted by Crippen LogP contribution is 2.21. The first kappa shape index (κ1) is 19.5. The van der Waals surface area contributed by atoms with Crippen LogP contribution in [0.5, 0.6) is 17.2 Å². The lowest BCUT2D eigenvalue weighted by atomic mass is 10.1. The summed E-state index contributed by atoms with van der Waals surface area (Å²) in [6.45, 7) is 2.71. The third kappa shape index (κ3) is 5.16. The Morgan fingerprint density at radius 3 is 2.50 bits per heavy atom. The fourth-order valence-electron chi connectivity index (χ4n) is 2.88. The quantitative estimate of drug-likeness (QED) is 0.566. The van der Waals surface area contributed by atoms with Crippen LogP contribution < -0.4 is 19.5 Å². The van der Waals surface area contributed by atoms with Gasteiger partial charge < -0.3 is 19.5 Å². The molecule has 3 rings (SSSR count). The molecule has 0 radical (unpaired) electrons. The van der Waals surface area contributed by atoms with Gasteiger partial charge in [0.05, 0.1) is 13.7 Å². The number of benzene rings is 3. The van der Waals surface area contributed by atoms with E-state index in [0.29, 0.717) is 31.1 Å². The van der Waals surface area contributed by atoms with Gasteiger partial charge >= 0.3 is 0 Å². The highest BCUT2D eigenvalue weighted by atomic mass is 16.5. The van der Waals surface area contributed by atoms with E-state index in [4.69, 9.17) is 14.2 Å². The van der Waals surface area contributed by atoms with E-state index < -0.39 is 6.10 Å². The number of carbonyl (C=O) groups excluding carboxylic acids is 1. The van der Waals surface area contributed by atoms with E-state index in [1.807, 2.05) is 55.5 Å². The van der Waals surface area contributed by atoms with E-state index in [9.17, 15) is 4.79 Å². The van der Waals surface area contributed by atoms with Crippen molar-refractivity contribution < 1.29 is 19.0 Å². The molecular formula is C23H25NO4. The molecule has 0 aliphatic rings. The van der Waals surface area contributed by atoms with Gasteiger partial charge in [-0.3, -0.25) is 4.79 Å². The van der Waals surface area contributed by atoms with Crippen LogP contribution in [0.4, 0.5) is 0 Å². The summed E-state index contributed by atoms with van der Waals surface area (Å²) in [7, 11) is 1.60. The number of rotatable bonds is 9. The molecule has 3 aromatic carbocycles. The first-order valence-corrected chi connectivity index (χ1v) is 9.39. The van der Waals surface area contributed by atoms with Crippen LogP contribution in [0.25, 0.3) is 10.8 Å². The van der Waals surface area contributed by atoms with Gasteiger partial charge in [0.1, 0.15) is 23.9 Å². The van der Waals surface area contributed by atoms with Crippen molar-refractivity contribution in [3.63, 3.8) is 0 Å². The normalized spacial score (nSPS) is 11.6. The summed E-state index contributed by atoms with van der Waals surface area (Å²) in [5, 5.41) is 5.17. The monoisotopic (exact) mass is 379 g/mol. The summed E-state index contributed by atoms with van der Waals surface area (Å²) in [5.41, 5.74) is 0. The Morgan fingerprint density at radius 2 is 1.71 bits per heavy atom. The van der Waals surface area contributed by atoms with Gasteiger partial charge in [0.15, 0.2) is 6.10 Å². The molecule has 1 amide bonds. The van der Waals surface area contributed by atoms with Crippen molar-refractivity contribution >= 4 is 16.7 Å².